The number of hydrogen-bond acceptors (Lipinski definition) is 1. The summed E-state index contributed by atoms with van der Waals surface area (Å²) in [7, 11) is 0. The molecule has 0 fully saturated rings. The normalized spacial score (nSPS) is 11.0. The minimum atomic E-state index is 0.948. The molecule has 0 radical (unpaired) electrons. The number of thiazole rings is 1. The van der Waals surface area contributed by atoms with Crippen molar-refractivity contribution in [3.05, 3.63) is 64.7 Å². The summed E-state index contributed by atoms with van der Waals surface area (Å²) in [5.41, 5.74) is 7.53. The van der Waals surface area contributed by atoms with Crippen LogP contribution < -0.4 is 4.57 Å². The van der Waals surface area contributed by atoms with Crippen molar-refractivity contribution in [1.82, 2.24) is 0 Å². The molecule has 0 aliphatic carbocycles. The van der Waals surface area contributed by atoms with Crippen LogP contribution in [0.25, 0.3) is 10.2 Å². The summed E-state index contributed by atoms with van der Waals surface area (Å²) in [6.45, 7) is 5.21. The number of benzene rings is 2. The lowest BCUT2D eigenvalue weighted by atomic mass is 10.1. The van der Waals surface area contributed by atoms with Crippen molar-refractivity contribution in [2.24, 2.45) is 0 Å². The van der Waals surface area contributed by atoms with Crippen molar-refractivity contribution in [3.63, 3.8) is 0 Å². The van der Waals surface area contributed by atoms with Crippen molar-refractivity contribution >= 4 is 21.6 Å². The maximum atomic E-state index is 2.32. The quantitative estimate of drug-likeness (QED) is 0.612. The minimum absolute atomic E-state index is 0.948. The SMILES string of the molecule is Cc1ccc(C[n+]2csc3cc(C)ccc32)cc1. The van der Waals surface area contributed by atoms with E-state index in [1.54, 1.807) is 0 Å². The monoisotopic (exact) mass is 254 g/mol. The van der Waals surface area contributed by atoms with E-state index in [0.717, 1.165) is 6.54 Å². The average molecular weight is 254 g/mol. The Hall–Kier alpha value is -1.67. The first-order valence-electron chi connectivity index (χ1n) is 6.15. The average Bonchev–Trinajstić information content (AvgIpc) is 2.74. The lowest BCUT2D eigenvalue weighted by Crippen LogP contribution is -2.31. The Morgan fingerprint density at radius 3 is 2.44 bits per heavy atom. The van der Waals surface area contributed by atoms with Gasteiger partial charge in [-0.15, -0.1) is 0 Å². The van der Waals surface area contributed by atoms with Gasteiger partial charge in [0.05, 0.1) is 0 Å². The highest BCUT2D eigenvalue weighted by molar-refractivity contribution is 7.16. The second-order valence-corrected chi connectivity index (χ2v) is 5.69. The summed E-state index contributed by atoms with van der Waals surface area (Å²) in [6, 6.07) is 15.4. The maximum Gasteiger partial charge on any atom is 0.226 e. The van der Waals surface area contributed by atoms with E-state index in [1.165, 1.54) is 26.9 Å². The van der Waals surface area contributed by atoms with Crippen molar-refractivity contribution in [3.8, 4) is 0 Å². The molecule has 0 unspecified atom stereocenters. The van der Waals surface area contributed by atoms with Crippen LogP contribution >= 0.6 is 11.3 Å². The Morgan fingerprint density at radius 1 is 0.944 bits per heavy atom. The minimum Gasteiger partial charge on any atom is -0.184 e. The summed E-state index contributed by atoms with van der Waals surface area (Å²) in [4.78, 5) is 0. The number of aromatic nitrogens is 1. The number of nitrogens with zero attached hydrogens (tertiary/aromatic N) is 1. The highest BCUT2D eigenvalue weighted by Gasteiger charge is 2.11. The van der Waals surface area contributed by atoms with E-state index in [0.29, 0.717) is 0 Å². The van der Waals surface area contributed by atoms with Gasteiger partial charge in [0, 0.05) is 11.6 Å². The molecule has 0 atom stereocenters. The smallest absolute Gasteiger partial charge is 0.184 e. The first-order chi connectivity index (χ1) is 8.72. The van der Waals surface area contributed by atoms with Gasteiger partial charge in [-0.2, -0.15) is 4.57 Å². The van der Waals surface area contributed by atoms with Crippen molar-refractivity contribution in [2.75, 3.05) is 0 Å². The molecule has 1 heterocycles. The highest BCUT2D eigenvalue weighted by atomic mass is 32.1. The topological polar surface area (TPSA) is 3.88 Å². The van der Waals surface area contributed by atoms with Crippen LogP contribution in [0, 0.1) is 13.8 Å². The summed E-state index contributed by atoms with van der Waals surface area (Å²) >= 11 is 1.81. The standard InChI is InChI=1S/C16H16NS/c1-12-3-6-14(7-4-12)10-17-11-18-16-9-13(2)5-8-15(16)17/h3-9,11H,10H2,1-2H3/q+1. The zero-order valence-corrected chi connectivity index (χ0v) is 11.5. The zero-order chi connectivity index (χ0) is 12.5. The van der Waals surface area contributed by atoms with Crippen molar-refractivity contribution < 1.29 is 4.57 Å². The Kier molecular flexibility index (Phi) is 2.88. The van der Waals surface area contributed by atoms with E-state index < -0.39 is 0 Å². The Balaban J connectivity index is 1.97. The third-order valence-electron chi connectivity index (χ3n) is 3.21. The number of hydrogen-bond donors (Lipinski definition) is 0. The molecule has 0 amide bonds. The fourth-order valence-corrected chi connectivity index (χ4v) is 3.13. The Morgan fingerprint density at radius 2 is 1.67 bits per heavy atom. The van der Waals surface area contributed by atoms with Crippen LogP contribution in [0.1, 0.15) is 16.7 Å². The molecular formula is C16H16NS+. The van der Waals surface area contributed by atoms with E-state index in [1.807, 2.05) is 11.3 Å². The molecule has 2 heteroatoms. The molecule has 0 saturated carbocycles. The van der Waals surface area contributed by atoms with E-state index in [9.17, 15) is 0 Å². The van der Waals surface area contributed by atoms with Crippen molar-refractivity contribution in [2.45, 2.75) is 20.4 Å². The van der Waals surface area contributed by atoms with Gasteiger partial charge in [0.2, 0.25) is 11.0 Å². The van der Waals surface area contributed by atoms with Gasteiger partial charge >= 0.3 is 0 Å². The first kappa shape index (κ1) is 11.4. The van der Waals surface area contributed by atoms with E-state index in [4.69, 9.17) is 0 Å². The van der Waals surface area contributed by atoms with Crippen LogP contribution in [0.5, 0.6) is 0 Å². The van der Waals surface area contributed by atoms with Crippen LogP contribution in [-0.4, -0.2) is 0 Å². The molecule has 0 spiro atoms. The molecule has 90 valence electrons. The largest absolute Gasteiger partial charge is 0.226 e. The van der Waals surface area contributed by atoms with Crippen LogP contribution in [0.15, 0.2) is 48.0 Å². The third kappa shape index (κ3) is 2.16. The zero-order valence-electron chi connectivity index (χ0n) is 10.7. The molecule has 3 rings (SSSR count). The van der Waals surface area contributed by atoms with Crippen molar-refractivity contribution in [1.29, 1.82) is 0 Å². The van der Waals surface area contributed by atoms with Crippen LogP contribution in [-0.2, 0) is 6.54 Å². The van der Waals surface area contributed by atoms with Gasteiger partial charge in [0.25, 0.3) is 0 Å². The molecule has 0 saturated heterocycles. The summed E-state index contributed by atoms with van der Waals surface area (Å²) in [6.07, 6.45) is 0. The fraction of sp³-hybridized carbons (Fsp3) is 0.188. The highest BCUT2D eigenvalue weighted by Crippen LogP contribution is 2.18. The molecule has 1 aromatic heterocycles. The molecule has 1 nitrogen and oxygen atoms in total. The van der Waals surface area contributed by atoms with Gasteiger partial charge in [-0.25, -0.2) is 0 Å². The molecule has 0 aliphatic rings. The van der Waals surface area contributed by atoms with Gasteiger partial charge < -0.3 is 0 Å². The summed E-state index contributed by atoms with van der Waals surface area (Å²) in [5, 5.41) is 0. The molecule has 18 heavy (non-hydrogen) atoms. The van der Waals surface area contributed by atoms with Gasteiger partial charge in [-0.05, 0) is 25.5 Å². The molecule has 0 bridgehead atoms. The second kappa shape index (κ2) is 4.54. The number of rotatable bonds is 2. The molecular weight excluding hydrogens is 238 g/mol. The second-order valence-electron chi connectivity index (χ2n) is 4.81. The lowest BCUT2D eigenvalue weighted by molar-refractivity contribution is -0.658. The van der Waals surface area contributed by atoms with Gasteiger partial charge in [0.1, 0.15) is 4.70 Å². The molecule has 3 aromatic rings. The van der Waals surface area contributed by atoms with Crippen LogP contribution in [0.4, 0.5) is 0 Å². The number of fused-ring (bicyclic) bond motifs is 1. The lowest BCUT2D eigenvalue weighted by Gasteiger charge is -1.98. The van der Waals surface area contributed by atoms with Crippen LogP contribution in [0.2, 0.25) is 0 Å². The maximum absolute atomic E-state index is 2.32. The number of aryl methyl sites for hydroxylation is 2. The third-order valence-corrected chi connectivity index (χ3v) is 4.15. The Bertz CT molecular complexity index is 680. The first-order valence-corrected chi connectivity index (χ1v) is 7.03. The van der Waals surface area contributed by atoms with E-state index >= 15 is 0 Å². The molecule has 0 N–H and O–H groups in total. The Labute approximate surface area is 111 Å². The summed E-state index contributed by atoms with van der Waals surface area (Å²) in [5.74, 6) is 0. The van der Waals surface area contributed by atoms with Gasteiger partial charge in [-0.1, -0.05) is 47.2 Å². The molecule has 0 aliphatic heterocycles. The van der Waals surface area contributed by atoms with Crippen LogP contribution in [0.3, 0.4) is 0 Å². The van der Waals surface area contributed by atoms with Gasteiger partial charge in [0.15, 0.2) is 6.54 Å². The van der Waals surface area contributed by atoms with E-state index in [-0.39, 0.29) is 0 Å². The summed E-state index contributed by atoms with van der Waals surface area (Å²) < 4.78 is 3.69. The predicted molar refractivity (Wildman–Crippen MR) is 77.0 cm³/mol. The van der Waals surface area contributed by atoms with Gasteiger partial charge in [-0.3, -0.25) is 0 Å². The fourth-order valence-electron chi connectivity index (χ4n) is 2.14. The predicted octanol–water partition coefficient (Wildman–Crippen LogP) is 3.85. The van der Waals surface area contributed by atoms with E-state index in [2.05, 4.69) is 66.4 Å². The molecule has 2 aromatic carbocycles.